The minimum Gasteiger partial charge on any atom is -0.447 e. The van der Waals surface area contributed by atoms with E-state index in [0.717, 1.165) is 11.1 Å². The van der Waals surface area contributed by atoms with Gasteiger partial charge in [-0.1, -0.05) is 60.7 Å². The van der Waals surface area contributed by atoms with E-state index in [1.54, 1.807) is 16.8 Å². The average Bonchev–Trinajstić information content (AvgIpc) is 3.04. The second-order valence-corrected chi connectivity index (χ2v) is 6.75. The maximum absolute atomic E-state index is 12.9. The summed E-state index contributed by atoms with van der Waals surface area (Å²) in [7, 11) is 1.78. The number of hydrogen-bond donors (Lipinski definition) is 0. The Bertz CT molecular complexity index is 808. The molecule has 0 radical (unpaired) electrons. The summed E-state index contributed by atoms with van der Waals surface area (Å²) in [6, 6.07) is 19.1. The number of ether oxygens (including phenoxy) is 1. The number of benzene rings is 2. The van der Waals surface area contributed by atoms with Crippen molar-refractivity contribution < 1.29 is 14.3 Å². The summed E-state index contributed by atoms with van der Waals surface area (Å²) in [5, 5.41) is 0. The Balaban J connectivity index is 1.77. The Morgan fingerprint density at radius 1 is 0.960 bits per heavy atom. The molecule has 0 unspecified atom stereocenters. The van der Waals surface area contributed by atoms with Gasteiger partial charge in [-0.2, -0.15) is 0 Å². The van der Waals surface area contributed by atoms with Crippen molar-refractivity contribution in [3.63, 3.8) is 0 Å². The Kier molecular flexibility index (Phi) is 3.53. The molecule has 2 heterocycles. The normalized spacial score (nSPS) is 28.7. The molecule has 25 heavy (non-hydrogen) atoms. The molecule has 5 heteroatoms. The zero-order valence-electron chi connectivity index (χ0n) is 14.3. The van der Waals surface area contributed by atoms with E-state index in [-0.39, 0.29) is 24.6 Å². The van der Waals surface area contributed by atoms with Crippen molar-refractivity contribution in [3.05, 3.63) is 71.8 Å². The molecule has 0 saturated carbocycles. The number of nitrogens with zero attached hydrogens (tertiary/aromatic N) is 2. The maximum atomic E-state index is 12.9. The lowest BCUT2D eigenvalue weighted by Gasteiger charge is -2.57. The van der Waals surface area contributed by atoms with Crippen LogP contribution in [0.4, 0.5) is 4.79 Å². The smallest absolute Gasteiger partial charge is 0.411 e. The molecule has 0 N–H and O–H groups in total. The van der Waals surface area contributed by atoms with Crippen LogP contribution in [0.1, 0.15) is 30.1 Å². The van der Waals surface area contributed by atoms with Crippen LogP contribution in [0.15, 0.2) is 60.7 Å². The molecule has 2 aromatic rings. The van der Waals surface area contributed by atoms with Gasteiger partial charge >= 0.3 is 6.09 Å². The van der Waals surface area contributed by atoms with Gasteiger partial charge < -0.3 is 9.64 Å². The van der Waals surface area contributed by atoms with E-state index in [2.05, 4.69) is 0 Å². The number of amides is 2. The van der Waals surface area contributed by atoms with Gasteiger partial charge in [0.25, 0.3) is 5.91 Å². The first-order valence-electron chi connectivity index (χ1n) is 8.38. The number of rotatable bonds is 3. The minimum atomic E-state index is -0.954. The molecule has 0 aliphatic carbocycles. The predicted octanol–water partition coefficient (Wildman–Crippen LogP) is 3.15. The number of carbonyl (C=O) groups is 2. The average molecular weight is 336 g/mol. The number of β-lactam (4-membered cyclic amide) rings is 1. The highest BCUT2D eigenvalue weighted by atomic mass is 16.6. The van der Waals surface area contributed by atoms with E-state index in [1.165, 1.54) is 0 Å². The fourth-order valence-corrected chi connectivity index (χ4v) is 4.18. The van der Waals surface area contributed by atoms with E-state index < -0.39 is 11.6 Å². The number of likely N-dealkylation sites (N-methyl/N-ethyl adjacent to an activating group) is 1. The maximum Gasteiger partial charge on any atom is 0.411 e. The highest BCUT2D eigenvalue weighted by molar-refractivity contribution is 5.97. The van der Waals surface area contributed by atoms with E-state index in [1.807, 2.05) is 67.6 Å². The number of hydrogen-bond acceptors (Lipinski definition) is 3. The molecule has 0 bridgehead atoms. The largest absolute Gasteiger partial charge is 0.447 e. The molecule has 2 saturated heterocycles. The molecule has 2 aliphatic heterocycles. The van der Waals surface area contributed by atoms with Crippen molar-refractivity contribution >= 4 is 12.0 Å². The fourth-order valence-electron chi connectivity index (χ4n) is 4.18. The van der Waals surface area contributed by atoms with Crippen LogP contribution >= 0.6 is 0 Å². The SMILES string of the molecule is CN1C(=O)[C@@](C)(N2C(=O)OC[C@H]2c2ccccc2)[C@H]1c1ccccc1. The van der Waals surface area contributed by atoms with Crippen molar-refractivity contribution in [3.8, 4) is 0 Å². The molecule has 2 aromatic carbocycles. The second-order valence-electron chi connectivity index (χ2n) is 6.75. The van der Waals surface area contributed by atoms with Gasteiger partial charge in [0.2, 0.25) is 0 Å². The summed E-state index contributed by atoms with van der Waals surface area (Å²) >= 11 is 0. The van der Waals surface area contributed by atoms with E-state index in [4.69, 9.17) is 4.74 Å². The lowest BCUT2D eigenvalue weighted by molar-refractivity contribution is -0.170. The minimum absolute atomic E-state index is 0.0684. The first kappa shape index (κ1) is 15.7. The first-order chi connectivity index (χ1) is 12.0. The van der Waals surface area contributed by atoms with Gasteiger partial charge in [0.05, 0.1) is 12.1 Å². The second kappa shape index (κ2) is 5.62. The van der Waals surface area contributed by atoms with E-state index in [0.29, 0.717) is 0 Å². The molecule has 128 valence electrons. The summed E-state index contributed by atoms with van der Waals surface area (Å²) in [6.45, 7) is 2.10. The third-order valence-corrected chi connectivity index (χ3v) is 5.35. The molecule has 3 atom stereocenters. The summed E-state index contributed by atoms with van der Waals surface area (Å²) < 4.78 is 5.34. The molecule has 4 rings (SSSR count). The van der Waals surface area contributed by atoms with Crippen LogP contribution < -0.4 is 0 Å². The third-order valence-electron chi connectivity index (χ3n) is 5.35. The molecular weight excluding hydrogens is 316 g/mol. The predicted molar refractivity (Wildman–Crippen MR) is 92.7 cm³/mol. The third kappa shape index (κ3) is 2.15. The van der Waals surface area contributed by atoms with Gasteiger partial charge in [-0.3, -0.25) is 9.69 Å². The summed E-state index contributed by atoms with van der Waals surface area (Å²) in [4.78, 5) is 28.7. The van der Waals surface area contributed by atoms with Gasteiger partial charge in [0.1, 0.15) is 12.1 Å². The van der Waals surface area contributed by atoms with Crippen LogP contribution in [-0.4, -0.2) is 41.0 Å². The summed E-state index contributed by atoms with van der Waals surface area (Å²) in [5.41, 5.74) is 1.03. The lowest BCUT2D eigenvalue weighted by Crippen LogP contribution is -2.73. The Hall–Kier alpha value is -2.82. The van der Waals surface area contributed by atoms with Crippen LogP contribution in [0.25, 0.3) is 0 Å². The van der Waals surface area contributed by atoms with Crippen molar-refractivity contribution in [1.29, 1.82) is 0 Å². The highest BCUT2D eigenvalue weighted by Gasteiger charge is 2.64. The Morgan fingerprint density at radius 2 is 1.52 bits per heavy atom. The topological polar surface area (TPSA) is 49.9 Å². The molecule has 0 aromatic heterocycles. The summed E-state index contributed by atoms with van der Waals surface area (Å²) in [6.07, 6.45) is -0.432. The molecular formula is C20H20N2O3. The van der Waals surface area contributed by atoms with E-state index >= 15 is 0 Å². The molecule has 2 amide bonds. The molecule has 0 spiro atoms. The van der Waals surface area contributed by atoms with Gasteiger partial charge in [0.15, 0.2) is 0 Å². The Morgan fingerprint density at radius 3 is 2.12 bits per heavy atom. The number of likely N-dealkylation sites (tertiary alicyclic amines) is 1. The molecule has 5 nitrogen and oxygen atoms in total. The van der Waals surface area contributed by atoms with Crippen LogP contribution in [0.3, 0.4) is 0 Å². The monoisotopic (exact) mass is 336 g/mol. The zero-order chi connectivity index (χ0) is 17.6. The van der Waals surface area contributed by atoms with Crippen molar-refractivity contribution in [1.82, 2.24) is 9.80 Å². The van der Waals surface area contributed by atoms with Crippen LogP contribution in [0.2, 0.25) is 0 Å². The molecule has 2 fully saturated rings. The zero-order valence-corrected chi connectivity index (χ0v) is 14.3. The van der Waals surface area contributed by atoms with Crippen molar-refractivity contribution in [2.24, 2.45) is 0 Å². The van der Waals surface area contributed by atoms with Crippen LogP contribution in [-0.2, 0) is 9.53 Å². The van der Waals surface area contributed by atoms with Crippen molar-refractivity contribution in [2.45, 2.75) is 24.5 Å². The van der Waals surface area contributed by atoms with Gasteiger partial charge in [0, 0.05) is 7.05 Å². The Labute approximate surface area is 146 Å². The number of cyclic esters (lactones) is 1. The van der Waals surface area contributed by atoms with Gasteiger partial charge in [-0.05, 0) is 18.1 Å². The van der Waals surface area contributed by atoms with Crippen molar-refractivity contribution in [2.75, 3.05) is 13.7 Å². The van der Waals surface area contributed by atoms with Gasteiger partial charge in [-0.25, -0.2) is 4.79 Å². The van der Waals surface area contributed by atoms with E-state index in [9.17, 15) is 9.59 Å². The quantitative estimate of drug-likeness (QED) is 0.809. The first-order valence-corrected chi connectivity index (χ1v) is 8.38. The standard InChI is InChI=1S/C20H20N2O3/c1-20(17(21(2)18(20)23)15-11-7-4-8-12-15)22-16(13-25-19(22)24)14-9-5-3-6-10-14/h3-12,16-17H,13H2,1-2H3/t16-,17+,20-/m0/s1. The fraction of sp³-hybridized carbons (Fsp3) is 0.300. The lowest BCUT2D eigenvalue weighted by atomic mass is 9.74. The summed E-state index contributed by atoms with van der Waals surface area (Å²) in [5.74, 6) is -0.0684. The van der Waals surface area contributed by atoms with Crippen LogP contribution in [0.5, 0.6) is 0 Å². The van der Waals surface area contributed by atoms with Gasteiger partial charge in [-0.15, -0.1) is 0 Å². The number of carbonyl (C=O) groups excluding carboxylic acids is 2. The van der Waals surface area contributed by atoms with Crippen LogP contribution in [0, 0.1) is 0 Å². The highest BCUT2D eigenvalue weighted by Crippen LogP contribution is 2.50. The molecule has 2 aliphatic rings.